The van der Waals surface area contributed by atoms with Gasteiger partial charge >= 0.3 is 0 Å². The maximum absolute atomic E-state index is 3.66. The lowest BCUT2D eigenvalue weighted by Crippen LogP contribution is -2.47. The third-order valence-corrected chi connectivity index (χ3v) is 4.83. The summed E-state index contributed by atoms with van der Waals surface area (Å²) in [5.74, 6) is 1.72. The van der Waals surface area contributed by atoms with Gasteiger partial charge in [-0.25, -0.2) is 0 Å². The van der Waals surface area contributed by atoms with Crippen molar-refractivity contribution in [2.24, 2.45) is 11.8 Å². The predicted octanol–water partition coefficient (Wildman–Crippen LogP) is 3.09. The molecule has 0 heterocycles. The van der Waals surface area contributed by atoms with Crippen molar-refractivity contribution in [1.82, 2.24) is 5.32 Å². The Morgan fingerprint density at radius 2 is 2.12 bits per heavy atom. The zero-order valence-electron chi connectivity index (χ0n) is 10.3. The molecule has 1 saturated carbocycles. The van der Waals surface area contributed by atoms with E-state index in [0.29, 0.717) is 5.54 Å². The van der Waals surface area contributed by atoms with Gasteiger partial charge in [-0.1, -0.05) is 31.2 Å². The van der Waals surface area contributed by atoms with E-state index in [1.54, 1.807) is 11.1 Å². The van der Waals surface area contributed by atoms with Crippen LogP contribution in [0.15, 0.2) is 24.3 Å². The van der Waals surface area contributed by atoms with Crippen LogP contribution < -0.4 is 5.32 Å². The van der Waals surface area contributed by atoms with Crippen LogP contribution in [-0.4, -0.2) is 7.05 Å². The van der Waals surface area contributed by atoms with Crippen LogP contribution in [0.2, 0.25) is 0 Å². The summed E-state index contributed by atoms with van der Waals surface area (Å²) in [4.78, 5) is 0. The Morgan fingerprint density at radius 3 is 2.94 bits per heavy atom. The fourth-order valence-corrected chi connectivity index (χ4v) is 3.96. The molecule has 1 nitrogen and oxygen atoms in total. The fraction of sp³-hybridized carbons (Fsp3) is 0.600. The molecule has 0 saturated heterocycles. The lowest BCUT2D eigenvalue weighted by molar-refractivity contribution is 0.135. The van der Waals surface area contributed by atoms with E-state index in [1.165, 1.54) is 25.7 Å². The maximum Gasteiger partial charge on any atom is 0.0466 e. The quantitative estimate of drug-likeness (QED) is 0.759. The third-order valence-electron chi connectivity index (χ3n) is 4.83. The predicted molar refractivity (Wildman–Crippen MR) is 67.4 cm³/mol. The van der Waals surface area contributed by atoms with Crippen molar-refractivity contribution in [1.29, 1.82) is 0 Å². The highest BCUT2D eigenvalue weighted by Crippen LogP contribution is 2.50. The Hall–Kier alpha value is -0.820. The molecule has 0 aliphatic heterocycles. The molecule has 1 N–H and O–H groups in total. The van der Waals surface area contributed by atoms with Crippen molar-refractivity contribution in [3.8, 4) is 0 Å². The molecule has 2 aliphatic rings. The molecule has 0 bridgehead atoms. The first kappa shape index (κ1) is 10.3. The molecule has 0 amide bonds. The monoisotopic (exact) mass is 215 g/mol. The molecule has 1 aromatic rings. The molecule has 0 aromatic heterocycles. The Kier molecular flexibility index (Phi) is 2.32. The van der Waals surface area contributed by atoms with Crippen LogP contribution in [0.1, 0.15) is 37.3 Å². The Balaban J connectivity index is 2.06. The van der Waals surface area contributed by atoms with Gasteiger partial charge in [0.05, 0.1) is 0 Å². The lowest BCUT2D eigenvalue weighted by atomic mass is 9.69. The van der Waals surface area contributed by atoms with Gasteiger partial charge in [0, 0.05) is 5.54 Å². The summed E-state index contributed by atoms with van der Waals surface area (Å²) >= 11 is 0. The third kappa shape index (κ3) is 1.27. The van der Waals surface area contributed by atoms with Crippen LogP contribution in [-0.2, 0) is 12.0 Å². The number of hydrogen-bond donors (Lipinski definition) is 1. The van der Waals surface area contributed by atoms with E-state index < -0.39 is 0 Å². The molecular weight excluding hydrogens is 194 g/mol. The normalized spacial score (nSPS) is 36.9. The molecule has 1 aromatic carbocycles. The van der Waals surface area contributed by atoms with E-state index >= 15 is 0 Å². The van der Waals surface area contributed by atoms with Crippen LogP contribution in [0.4, 0.5) is 0 Å². The average molecular weight is 215 g/mol. The number of benzene rings is 1. The topological polar surface area (TPSA) is 12.0 Å². The Bertz CT molecular complexity index is 398. The maximum atomic E-state index is 3.66. The van der Waals surface area contributed by atoms with Crippen molar-refractivity contribution in [2.45, 2.75) is 38.1 Å². The summed E-state index contributed by atoms with van der Waals surface area (Å²) in [5, 5.41) is 3.66. The summed E-state index contributed by atoms with van der Waals surface area (Å²) < 4.78 is 0. The molecule has 1 heteroatoms. The average Bonchev–Trinajstić information content (AvgIpc) is 2.63. The minimum absolute atomic E-state index is 0.295. The van der Waals surface area contributed by atoms with Crippen molar-refractivity contribution in [3.05, 3.63) is 35.4 Å². The summed E-state index contributed by atoms with van der Waals surface area (Å²) in [6.45, 7) is 2.41. The van der Waals surface area contributed by atoms with Crippen LogP contribution >= 0.6 is 0 Å². The molecule has 1 fully saturated rings. The first-order valence-corrected chi connectivity index (χ1v) is 6.53. The van der Waals surface area contributed by atoms with Gasteiger partial charge in [-0.05, 0) is 55.7 Å². The highest BCUT2D eigenvalue weighted by Gasteiger charge is 2.47. The van der Waals surface area contributed by atoms with E-state index in [9.17, 15) is 0 Å². The van der Waals surface area contributed by atoms with Gasteiger partial charge in [0.1, 0.15) is 0 Å². The smallest absolute Gasteiger partial charge is 0.0466 e. The number of fused-ring (bicyclic) bond motifs is 3. The standard InChI is InChI=1S/C15H21N/c1-11-7-8-15(16-2)13(9-11)10-12-5-3-4-6-14(12)15/h3-6,11,13,16H,7-10H2,1-2H3/t11-,13+,15-/m1/s1. The molecular formula is C15H21N. The molecule has 2 aliphatic carbocycles. The highest BCUT2D eigenvalue weighted by atomic mass is 15.0. The van der Waals surface area contributed by atoms with E-state index in [0.717, 1.165) is 11.8 Å². The summed E-state index contributed by atoms with van der Waals surface area (Å²) in [5.41, 5.74) is 3.45. The number of rotatable bonds is 1. The van der Waals surface area contributed by atoms with Crippen molar-refractivity contribution >= 4 is 0 Å². The van der Waals surface area contributed by atoms with Crippen molar-refractivity contribution < 1.29 is 0 Å². The second kappa shape index (κ2) is 3.59. The zero-order chi connectivity index (χ0) is 11.2. The summed E-state index contributed by atoms with van der Waals surface area (Å²) in [6.07, 6.45) is 5.34. The molecule has 0 spiro atoms. The largest absolute Gasteiger partial charge is 0.310 e. The molecule has 0 unspecified atom stereocenters. The Morgan fingerprint density at radius 1 is 1.31 bits per heavy atom. The van der Waals surface area contributed by atoms with E-state index in [4.69, 9.17) is 0 Å². The van der Waals surface area contributed by atoms with Gasteiger partial charge in [-0.3, -0.25) is 0 Å². The lowest BCUT2D eigenvalue weighted by Gasteiger charge is -2.42. The van der Waals surface area contributed by atoms with Crippen molar-refractivity contribution in [2.75, 3.05) is 7.05 Å². The van der Waals surface area contributed by atoms with Gasteiger partial charge in [-0.15, -0.1) is 0 Å². The highest BCUT2D eigenvalue weighted by molar-refractivity contribution is 5.40. The van der Waals surface area contributed by atoms with E-state index in [2.05, 4.69) is 43.6 Å². The van der Waals surface area contributed by atoms with Gasteiger partial charge in [0.2, 0.25) is 0 Å². The molecule has 3 atom stereocenters. The molecule has 3 rings (SSSR count). The molecule has 86 valence electrons. The van der Waals surface area contributed by atoms with Crippen LogP contribution in [0.3, 0.4) is 0 Å². The second-order valence-electron chi connectivity index (χ2n) is 5.66. The number of hydrogen-bond acceptors (Lipinski definition) is 1. The molecule has 16 heavy (non-hydrogen) atoms. The minimum atomic E-state index is 0.295. The second-order valence-corrected chi connectivity index (χ2v) is 5.66. The van der Waals surface area contributed by atoms with E-state index in [-0.39, 0.29) is 0 Å². The summed E-state index contributed by atoms with van der Waals surface area (Å²) in [6, 6.07) is 9.03. The number of nitrogens with one attached hydrogen (secondary N) is 1. The van der Waals surface area contributed by atoms with Crippen molar-refractivity contribution in [3.63, 3.8) is 0 Å². The van der Waals surface area contributed by atoms with Gasteiger partial charge in [0.25, 0.3) is 0 Å². The SMILES string of the molecule is CN[C@]12CC[C@@H](C)C[C@H]1Cc1ccccc12. The fourth-order valence-electron chi connectivity index (χ4n) is 3.96. The van der Waals surface area contributed by atoms with Gasteiger partial charge in [0.15, 0.2) is 0 Å². The van der Waals surface area contributed by atoms with E-state index in [1.807, 2.05) is 0 Å². The minimum Gasteiger partial charge on any atom is -0.310 e. The Labute approximate surface area is 98.3 Å². The van der Waals surface area contributed by atoms with Crippen LogP contribution in [0.5, 0.6) is 0 Å². The summed E-state index contributed by atoms with van der Waals surface area (Å²) in [7, 11) is 2.14. The van der Waals surface area contributed by atoms with Crippen LogP contribution in [0.25, 0.3) is 0 Å². The van der Waals surface area contributed by atoms with Crippen LogP contribution in [0, 0.1) is 11.8 Å². The van der Waals surface area contributed by atoms with Gasteiger partial charge < -0.3 is 5.32 Å². The van der Waals surface area contributed by atoms with Gasteiger partial charge in [-0.2, -0.15) is 0 Å². The first-order chi connectivity index (χ1) is 7.76. The first-order valence-electron chi connectivity index (χ1n) is 6.53. The molecule has 0 radical (unpaired) electrons. The zero-order valence-corrected chi connectivity index (χ0v) is 10.3.